The maximum Gasteiger partial charge on any atom is 0.234 e. The lowest BCUT2D eigenvalue weighted by Crippen LogP contribution is -2.46. The maximum absolute atomic E-state index is 11.6. The highest BCUT2D eigenvalue weighted by Crippen LogP contribution is 2.07. The van der Waals surface area contributed by atoms with Crippen LogP contribution in [0.15, 0.2) is 30.3 Å². The molecule has 6 nitrogen and oxygen atoms in total. The molecule has 0 saturated heterocycles. The van der Waals surface area contributed by atoms with E-state index in [1.165, 1.54) is 12.1 Å². The van der Waals surface area contributed by atoms with Crippen molar-refractivity contribution in [2.24, 2.45) is 0 Å². The average Bonchev–Trinajstić information content (AvgIpc) is 2.44. The first-order chi connectivity index (χ1) is 8.49. The average molecular weight is 254 g/mol. The van der Waals surface area contributed by atoms with Crippen LogP contribution in [0.25, 0.3) is 0 Å². The van der Waals surface area contributed by atoms with Gasteiger partial charge in [0, 0.05) is 5.56 Å². The van der Waals surface area contributed by atoms with Crippen LogP contribution in [0.1, 0.15) is 10.4 Å². The number of rotatable bonds is 6. The van der Waals surface area contributed by atoms with Gasteiger partial charge in [-0.05, 0) is 0 Å². The molecule has 0 heterocycles. The highest BCUT2D eigenvalue weighted by Gasteiger charge is 2.33. The Morgan fingerprint density at radius 3 is 2.11 bits per heavy atom. The van der Waals surface area contributed by atoms with Crippen LogP contribution in [0, 0.1) is 0 Å². The lowest BCUT2D eigenvalue weighted by molar-refractivity contribution is -0.135. The van der Waals surface area contributed by atoms with Gasteiger partial charge in [-0.2, -0.15) is 0 Å². The van der Waals surface area contributed by atoms with Crippen molar-refractivity contribution in [3.63, 3.8) is 0 Å². The number of hydrogen-bond donors (Lipinski definition) is 4. The molecule has 0 aliphatic carbocycles. The number of carbonyl (C=O) groups is 2. The molecule has 18 heavy (non-hydrogen) atoms. The zero-order chi connectivity index (χ0) is 13.7. The van der Waals surface area contributed by atoms with Gasteiger partial charge in [0.1, 0.15) is 18.3 Å². The number of aliphatic hydroxyl groups excluding tert-OH is 4. The topological polar surface area (TPSA) is 115 Å². The Bertz CT molecular complexity index is 416. The van der Waals surface area contributed by atoms with E-state index in [1.807, 2.05) is 0 Å². The highest BCUT2D eigenvalue weighted by atomic mass is 16.4. The van der Waals surface area contributed by atoms with Crippen LogP contribution in [0.3, 0.4) is 0 Å². The van der Waals surface area contributed by atoms with Gasteiger partial charge in [-0.15, -0.1) is 0 Å². The van der Waals surface area contributed by atoms with Gasteiger partial charge in [0.25, 0.3) is 0 Å². The molecule has 0 aromatic heterocycles. The molecule has 1 aromatic carbocycles. The van der Waals surface area contributed by atoms with E-state index >= 15 is 0 Å². The third kappa shape index (κ3) is 3.21. The number of ketones is 2. The normalized spacial score (nSPS) is 15.8. The summed E-state index contributed by atoms with van der Waals surface area (Å²) in [5.41, 5.74) is 0.0761. The lowest BCUT2D eigenvalue weighted by Gasteiger charge is -2.19. The Hall–Kier alpha value is -1.60. The molecule has 1 aromatic rings. The zero-order valence-corrected chi connectivity index (χ0v) is 9.43. The van der Waals surface area contributed by atoms with Crippen molar-refractivity contribution >= 4 is 11.6 Å². The third-order valence-electron chi connectivity index (χ3n) is 2.43. The van der Waals surface area contributed by atoms with E-state index < -0.39 is 36.5 Å². The van der Waals surface area contributed by atoms with Crippen molar-refractivity contribution in [1.29, 1.82) is 0 Å². The molecule has 3 unspecified atom stereocenters. The fraction of sp³-hybridized carbons (Fsp3) is 0.333. The summed E-state index contributed by atoms with van der Waals surface area (Å²) in [4.78, 5) is 23.2. The lowest BCUT2D eigenvalue weighted by atomic mass is 9.98. The van der Waals surface area contributed by atoms with Gasteiger partial charge in [-0.3, -0.25) is 9.59 Å². The molecule has 3 atom stereocenters. The molecule has 98 valence electrons. The minimum atomic E-state index is -2.07. The van der Waals surface area contributed by atoms with Crippen molar-refractivity contribution in [1.82, 2.24) is 0 Å². The predicted molar refractivity (Wildman–Crippen MR) is 60.9 cm³/mol. The van der Waals surface area contributed by atoms with Crippen LogP contribution < -0.4 is 0 Å². The summed E-state index contributed by atoms with van der Waals surface area (Å²) in [6.07, 6.45) is -5.66. The smallest absolute Gasteiger partial charge is 0.234 e. The number of hydrogen-bond acceptors (Lipinski definition) is 6. The Morgan fingerprint density at radius 1 is 1.06 bits per heavy atom. The number of benzene rings is 1. The number of aliphatic hydroxyl groups is 4. The number of Topliss-reactive ketones (excluding diaryl/α,β-unsaturated/α-hetero) is 2. The Balaban J connectivity index is 2.79. The van der Waals surface area contributed by atoms with E-state index in [-0.39, 0.29) is 5.56 Å². The monoisotopic (exact) mass is 254 g/mol. The fourth-order valence-corrected chi connectivity index (χ4v) is 1.34. The second-order valence-electron chi connectivity index (χ2n) is 3.74. The summed E-state index contributed by atoms with van der Waals surface area (Å²) in [6, 6.07) is 7.53. The molecule has 4 N–H and O–H groups in total. The van der Waals surface area contributed by atoms with Crippen LogP contribution >= 0.6 is 0 Å². The molecule has 0 fully saturated rings. The Morgan fingerprint density at radius 2 is 1.61 bits per heavy atom. The molecule has 0 bridgehead atoms. The van der Waals surface area contributed by atoms with Crippen molar-refractivity contribution in [2.45, 2.75) is 18.3 Å². The minimum absolute atomic E-state index is 0.0761. The van der Waals surface area contributed by atoms with E-state index in [2.05, 4.69) is 0 Å². The molecule has 6 heteroatoms. The molecule has 0 saturated carbocycles. The Labute approximate surface area is 103 Å². The van der Waals surface area contributed by atoms with Gasteiger partial charge in [-0.1, -0.05) is 30.3 Å². The quantitative estimate of drug-likeness (QED) is 0.363. The van der Waals surface area contributed by atoms with Gasteiger partial charge in [-0.25, -0.2) is 0 Å². The van der Waals surface area contributed by atoms with Crippen LogP contribution in [0.5, 0.6) is 0 Å². The van der Waals surface area contributed by atoms with E-state index in [4.69, 9.17) is 10.2 Å². The minimum Gasteiger partial charge on any atom is -0.394 e. The molecule has 0 aliphatic rings. The van der Waals surface area contributed by atoms with Crippen LogP contribution in [0.2, 0.25) is 0 Å². The largest absolute Gasteiger partial charge is 0.394 e. The molecule has 1 rings (SSSR count). The molecule has 0 aliphatic heterocycles. The summed E-state index contributed by atoms with van der Waals surface area (Å²) in [5.74, 6) is -2.20. The molecular formula is C12H14O6. The van der Waals surface area contributed by atoms with Crippen LogP contribution in [0.4, 0.5) is 0 Å². The van der Waals surface area contributed by atoms with Crippen molar-refractivity contribution in [3.05, 3.63) is 35.9 Å². The second kappa shape index (κ2) is 6.36. The van der Waals surface area contributed by atoms with Crippen molar-refractivity contribution in [2.75, 3.05) is 6.61 Å². The highest BCUT2D eigenvalue weighted by molar-refractivity contribution is 6.45. The fourth-order valence-electron chi connectivity index (χ4n) is 1.34. The van der Waals surface area contributed by atoms with Gasteiger partial charge in [0.2, 0.25) is 11.6 Å². The van der Waals surface area contributed by atoms with Crippen LogP contribution in [-0.4, -0.2) is 56.9 Å². The van der Waals surface area contributed by atoms with Gasteiger partial charge in [0.05, 0.1) is 6.61 Å². The molecule has 0 spiro atoms. The first-order valence-electron chi connectivity index (χ1n) is 5.27. The summed E-state index contributed by atoms with van der Waals surface area (Å²) in [7, 11) is 0. The maximum atomic E-state index is 11.6. The standard InChI is InChI=1S/C12H14O6/c13-6-8(14)10(16)12(18)11(17)9(15)7-4-2-1-3-5-7/h1-5,8,10,12-14,16,18H,6H2. The summed E-state index contributed by atoms with van der Waals surface area (Å²) in [5, 5.41) is 36.4. The third-order valence-corrected chi connectivity index (χ3v) is 2.43. The SMILES string of the molecule is O=C(C(=O)C(O)C(O)C(O)CO)c1ccccc1. The Kier molecular flexibility index (Phi) is 5.11. The number of carbonyl (C=O) groups excluding carboxylic acids is 2. The van der Waals surface area contributed by atoms with Crippen LogP contribution in [-0.2, 0) is 4.79 Å². The first kappa shape index (κ1) is 14.5. The van der Waals surface area contributed by atoms with Crippen molar-refractivity contribution in [3.8, 4) is 0 Å². The summed E-state index contributed by atoms with van der Waals surface area (Å²) in [6.45, 7) is -0.828. The summed E-state index contributed by atoms with van der Waals surface area (Å²) < 4.78 is 0. The van der Waals surface area contributed by atoms with Gasteiger partial charge >= 0.3 is 0 Å². The molecule has 0 amide bonds. The first-order valence-corrected chi connectivity index (χ1v) is 5.27. The van der Waals surface area contributed by atoms with E-state index in [0.29, 0.717) is 0 Å². The molecular weight excluding hydrogens is 240 g/mol. The van der Waals surface area contributed by atoms with E-state index in [9.17, 15) is 19.8 Å². The van der Waals surface area contributed by atoms with Gasteiger partial charge < -0.3 is 20.4 Å². The van der Waals surface area contributed by atoms with Crippen molar-refractivity contribution < 1.29 is 30.0 Å². The zero-order valence-electron chi connectivity index (χ0n) is 9.43. The van der Waals surface area contributed by atoms with Gasteiger partial charge in [0.15, 0.2) is 0 Å². The van der Waals surface area contributed by atoms with E-state index in [0.717, 1.165) is 0 Å². The predicted octanol–water partition coefficient (Wildman–Crippen LogP) is -1.49. The summed E-state index contributed by atoms with van der Waals surface area (Å²) >= 11 is 0. The second-order valence-corrected chi connectivity index (χ2v) is 3.74. The molecule has 0 radical (unpaired) electrons. The van der Waals surface area contributed by atoms with E-state index in [1.54, 1.807) is 18.2 Å².